The molecule has 9 atom stereocenters. The van der Waals surface area contributed by atoms with E-state index in [4.69, 9.17) is 9.47 Å². The summed E-state index contributed by atoms with van der Waals surface area (Å²) in [5, 5.41) is 76.3. The van der Waals surface area contributed by atoms with E-state index in [-0.39, 0.29) is 12.8 Å². The van der Waals surface area contributed by atoms with Gasteiger partial charge in [-0.3, -0.25) is 4.79 Å². The Kier molecular flexibility index (Phi) is 51.4. The summed E-state index contributed by atoms with van der Waals surface area (Å²) in [5.41, 5.74) is 0. The van der Waals surface area contributed by atoms with Crippen molar-refractivity contribution >= 4 is 5.91 Å². The molecule has 1 amide bonds. The molecule has 1 heterocycles. The van der Waals surface area contributed by atoms with Gasteiger partial charge >= 0.3 is 0 Å². The van der Waals surface area contributed by atoms with Gasteiger partial charge in [-0.05, 0) is 96.3 Å². The smallest absolute Gasteiger partial charge is 0.249 e. The van der Waals surface area contributed by atoms with Crippen molar-refractivity contribution < 1.29 is 50.0 Å². The van der Waals surface area contributed by atoms with Gasteiger partial charge in [-0.15, -0.1) is 0 Å². The predicted octanol–water partition coefficient (Wildman–Crippen LogP) is 14.6. The maximum absolute atomic E-state index is 13.2. The third-order valence-electron chi connectivity index (χ3n) is 15.2. The first-order valence-corrected chi connectivity index (χ1v) is 32.2. The highest BCUT2D eigenvalue weighted by Crippen LogP contribution is 2.23. The average Bonchev–Trinajstić information content (AvgIpc) is 3.43. The topological polar surface area (TPSA) is 189 Å². The first-order valence-electron chi connectivity index (χ1n) is 32.2. The minimum absolute atomic E-state index is 0.235. The van der Waals surface area contributed by atoms with Crippen molar-refractivity contribution in [3.8, 4) is 0 Å². The minimum atomic E-state index is -1.68. The zero-order valence-electron chi connectivity index (χ0n) is 49.4. The van der Waals surface area contributed by atoms with Gasteiger partial charge in [-0.1, -0.05) is 248 Å². The Balaban J connectivity index is 2.31. The van der Waals surface area contributed by atoms with Crippen molar-refractivity contribution in [1.29, 1.82) is 0 Å². The van der Waals surface area contributed by atoms with Crippen LogP contribution in [-0.4, -0.2) is 110 Å². The normalized spacial score (nSPS) is 19.9. The summed E-state index contributed by atoms with van der Waals surface area (Å²) in [6, 6.07) is -1.20. The molecular weight excluding hydrogens is 967 g/mol. The summed E-state index contributed by atoms with van der Waals surface area (Å²) in [6.07, 6.45) is 60.0. The Hall–Kier alpha value is -2.19. The Labute approximate surface area is 472 Å². The molecule has 8 N–H and O–H groups in total. The second-order valence-electron chi connectivity index (χ2n) is 22.5. The second-order valence-corrected chi connectivity index (χ2v) is 22.5. The first-order chi connectivity index (χ1) is 37.7. The molecule has 11 heteroatoms. The molecule has 1 aliphatic rings. The van der Waals surface area contributed by atoms with E-state index >= 15 is 0 Å². The molecular formula is C66H121NO10. The highest BCUT2D eigenvalue weighted by atomic mass is 16.7. The van der Waals surface area contributed by atoms with Crippen LogP contribution >= 0.6 is 0 Å². The summed E-state index contributed by atoms with van der Waals surface area (Å²) in [6.45, 7) is 3.46. The summed E-state index contributed by atoms with van der Waals surface area (Å²) >= 11 is 0. The van der Waals surface area contributed by atoms with Gasteiger partial charge in [0.1, 0.15) is 36.6 Å². The molecule has 1 rings (SSSR count). The number of carbonyl (C=O) groups excluding carboxylic acids is 1. The van der Waals surface area contributed by atoms with Gasteiger partial charge in [0.25, 0.3) is 0 Å². The van der Waals surface area contributed by atoms with Crippen molar-refractivity contribution in [2.45, 2.75) is 339 Å². The van der Waals surface area contributed by atoms with Crippen molar-refractivity contribution in [3.05, 3.63) is 60.8 Å². The number of nitrogens with one attached hydrogen (secondary N) is 1. The minimum Gasteiger partial charge on any atom is -0.394 e. The molecule has 0 aromatic carbocycles. The number of hydrogen-bond donors (Lipinski definition) is 8. The Morgan fingerprint density at radius 2 is 0.818 bits per heavy atom. The van der Waals surface area contributed by atoms with Gasteiger partial charge in [0.2, 0.25) is 5.91 Å². The van der Waals surface area contributed by atoms with Gasteiger partial charge in [-0.25, -0.2) is 0 Å². The molecule has 0 saturated carbocycles. The fraction of sp³-hybridized carbons (Fsp3) is 0.833. The summed E-state index contributed by atoms with van der Waals surface area (Å²) < 4.78 is 11.1. The van der Waals surface area contributed by atoms with Gasteiger partial charge in [0, 0.05) is 0 Å². The molecule has 1 saturated heterocycles. The lowest BCUT2D eigenvalue weighted by Crippen LogP contribution is -2.60. The highest BCUT2D eigenvalue weighted by Gasteiger charge is 2.44. The van der Waals surface area contributed by atoms with E-state index in [0.717, 1.165) is 70.6 Å². The van der Waals surface area contributed by atoms with Crippen LogP contribution in [-0.2, 0) is 14.3 Å². The number of rotatable bonds is 55. The van der Waals surface area contributed by atoms with Crippen molar-refractivity contribution in [3.63, 3.8) is 0 Å². The second kappa shape index (κ2) is 54.4. The fourth-order valence-corrected chi connectivity index (χ4v) is 10.0. The Morgan fingerprint density at radius 3 is 1.23 bits per heavy atom. The molecule has 0 spiro atoms. The van der Waals surface area contributed by atoms with E-state index in [1.807, 2.05) is 0 Å². The van der Waals surface area contributed by atoms with Crippen LogP contribution in [0.1, 0.15) is 284 Å². The fourth-order valence-electron chi connectivity index (χ4n) is 10.0. The number of aliphatic hydroxyl groups excluding tert-OH is 7. The van der Waals surface area contributed by atoms with Crippen molar-refractivity contribution in [2.75, 3.05) is 13.2 Å². The SMILES string of the molecule is CCCCCCCCCCC/C=C\C/C=C\CCCCCCCCC(O)C(=O)NC(COC1OC(CO)C(O)C(O)C1O)C(O)C(O)CCC/C=C/CC/C=C/CC/C=C/CCCCCCCCCCCCCCCCC. The van der Waals surface area contributed by atoms with Gasteiger partial charge in [-0.2, -0.15) is 0 Å². The van der Waals surface area contributed by atoms with Crippen molar-refractivity contribution in [2.24, 2.45) is 0 Å². The molecule has 0 aromatic rings. The van der Waals surface area contributed by atoms with E-state index < -0.39 is 74.2 Å². The molecule has 11 nitrogen and oxygen atoms in total. The standard InChI is InChI=1S/C66H121NO10/c1-3-5-7-9-11-13-15-17-19-21-23-25-27-28-29-30-31-32-34-35-37-39-41-43-45-47-49-51-53-58(69)61(71)57(56-76-66-64(74)63(73)62(72)60(55-68)77-66)67-65(75)59(70)54-52-50-48-46-44-42-40-38-36-33-26-24-22-20-18-16-14-12-10-8-6-4-2/h24,26,31-32,36-39,45,47,57-64,66,68-74H,3-23,25,27-30,33-35,40-44,46,48-56H2,1-2H3,(H,67,75)/b26-24-,32-31+,38-36-,39-37+,47-45+. The van der Waals surface area contributed by atoms with Gasteiger partial charge < -0.3 is 50.5 Å². The summed E-state index contributed by atoms with van der Waals surface area (Å²) in [7, 11) is 0. The molecule has 450 valence electrons. The first kappa shape index (κ1) is 72.8. The summed E-state index contributed by atoms with van der Waals surface area (Å²) in [5.74, 6) is -0.720. The van der Waals surface area contributed by atoms with Crippen LogP contribution in [0.3, 0.4) is 0 Å². The predicted molar refractivity (Wildman–Crippen MR) is 321 cm³/mol. The van der Waals surface area contributed by atoms with E-state index in [1.54, 1.807) is 0 Å². The van der Waals surface area contributed by atoms with Crippen LogP contribution in [0.2, 0.25) is 0 Å². The van der Waals surface area contributed by atoms with Crippen LogP contribution in [0.15, 0.2) is 60.8 Å². The Bertz CT molecular complexity index is 1430. The number of allylic oxidation sites excluding steroid dienone is 10. The van der Waals surface area contributed by atoms with Crippen LogP contribution in [0, 0.1) is 0 Å². The average molecular weight is 1090 g/mol. The number of amides is 1. The lowest BCUT2D eigenvalue weighted by atomic mass is 9.98. The number of unbranched alkanes of at least 4 members (excludes halogenated alkanes) is 33. The largest absolute Gasteiger partial charge is 0.394 e. The maximum atomic E-state index is 13.2. The quantitative estimate of drug-likeness (QED) is 0.0215. The van der Waals surface area contributed by atoms with E-state index in [2.05, 4.69) is 79.9 Å². The van der Waals surface area contributed by atoms with E-state index in [1.165, 1.54) is 167 Å². The number of ether oxygens (including phenoxy) is 2. The zero-order valence-corrected chi connectivity index (χ0v) is 49.4. The van der Waals surface area contributed by atoms with Crippen molar-refractivity contribution in [1.82, 2.24) is 5.32 Å². The van der Waals surface area contributed by atoms with Gasteiger partial charge in [0.15, 0.2) is 6.29 Å². The highest BCUT2D eigenvalue weighted by molar-refractivity contribution is 5.80. The number of carbonyl (C=O) groups is 1. The molecule has 0 bridgehead atoms. The zero-order chi connectivity index (χ0) is 56.1. The molecule has 0 radical (unpaired) electrons. The molecule has 0 aromatic heterocycles. The maximum Gasteiger partial charge on any atom is 0.249 e. The Morgan fingerprint density at radius 1 is 0.455 bits per heavy atom. The lowest BCUT2D eigenvalue weighted by molar-refractivity contribution is -0.303. The molecule has 1 fully saturated rings. The number of aliphatic hydroxyl groups is 7. The third kappa shape index (κ3) is 42.3. The lowest BCUT2D eigenvalue weighted by Gasteiger charge is -2.40. The van der Waals surface area contributed by atoms with E-state index in [9.17, 15) is 40.5 Å². The third-order valence-corrected chi connectivity index (χ3v) is 15.2. The monoisotopic (exact) mass is 1090 g/mol. The van der Waals surface area contributed by atoms with Crippen LogP contribution in [0.25, 0.3) is 0 Å². The molecule has 0 aliphatic carbocycles. The van der Waals surface area contributed by atoms with Crippen LogP contribution < -0.4 is 5.32 Å². The molecule has 9 unspecified atom stereocenters. The van der Waals surface area contributed by atoms with Gasteiger partial charge in [0.05, 0.1) is 25.4 Å². The van der Waals surface area contributed by atoms with Crippen LogP contribution in [0.5, 0.6) is 0 Å². The van der Waals surface area contributed by atoms with E-state index in [0.29, 0.717) is 19.3 Å². The molecule has 77 heavy (non-hydrogen) atoms. The number of hydrogen-bond acceptors (Lipinski definition) is 10. The summed E-state index contributed by atoms with van der Waals surface area (Å²) in [4.78, 5) is 13.2. The molecule has 1 aliphatic heterocycles. The van der Waals surface area contributed by atoms with Crippen LogP contribution in [0.4, 0.5) is 0 Å².